The third-order valence-corrected chi connectivity index (χ3v) is 11.2. The van der Waals surface area contributed by atoms with Gasteiger partial charge in [-0.05, 0) is 93.4 Å². The zero-order valence-corrected chi connectivity index (χ0v) is 34.7. The van der Waals surface area contributed by atoms with E-state index in [0.29, 0.717) is 16.5 Å². The summed E-state index contributed by atoms with van der Waals surface area (Å²) in [7, 11) is 4.06. The molecule has 3 heterocycles. The van der Waals surface area contributed by atoms with E-state index in [4.69, 9.17) is 13.5 Å². The van der Waals surface area contributed by atoms with Gasteiger partial charge < -0.3 is 14.0 Å². The van der Waals surface area contributed by atoms with Gasteiger partial charge in [0.25, 0.3) is 0 Å². The van der Waals surface area contributed by atoms with Gasteiger partial charge in [-0.1, -0.05) is 119 Å². The Morgan fingerprint density at radius 3 is 2.40 bits per heavy atom. The van der Waals surface area contributed by atoms with Crippen LogP contribution in [0.4, 0.5) is 0 Å². The number of hydrogen-bond donors (Lipinski definition) is 0. The summed E-state index contributed by atoms with van der Waals surface area (Å²) in [6.07, 6.45) is 7.75. The average Bonchev–Trinajstić information content (AvgIpc) is 3.56. The summed E-state index contributed by atoms with van der Waals surface area (Å²) < 4.78 is 40.0. The fraction of sp³-hybridized carbons (Fsp3) is 0.255. The van der Waals surface area contributed by atoms with Crippen molar-refractivity contribution in [2.45, 2.75) is 78.5 Å². The average molecular weight is 903 g/mol. The van der Waals surface area contributed by atoms with Gasteiger partial charge in [-0.25, -0.2) is 0 Å². The molecule has 8 aromatic rings. The van der Waals surface area contributed by atoms with Gasteiger partial charge in [0.2, 0.25) is 0 Å². The van der Waals surface area contributed by atoms with Gasteiger partial charge >= 0.3 is 20.1 Å². The molecular weight excluding hydrogens is 849 g/mol. The normalized spacial score (nSPS) is 16.4. The Balaban J connectivity index is 0.000000199. The quantitative estimate of drug-likeness (QED) is 0.100. The molecule has 0 radical (unpaired) electrons. The topological polar surface area (TPSA) is 29.9 Å². The van der Waals surface area contributed by atoms with E-state index in [1.165, 1.54) is 27.1 Å². The van der Waals surface area contributed by atoms with Gasteiger partial charge in [0.15, 0.2) is 0 Å². The summed E-state index contributed by atoms with van der Waals surface area (Å²) >= 11 is 0. The first-order valence-electron chi connectivity index (χ1n) is 20.9. The van der Waals surface area contributed by atoms with Crippen molar-refractivity contribution in [2.75, 3.05) is 0 Å². The Morgan fingerprint density at radius 1 is 0.873 bits per heavy atom. The minimum Gasteiger partial charge on any atom is -0.501 e. The van der Waals surface area contributed by atoms with E-state index in [9.17, 15) is 1.37 Å². The zero-order chi connectivity index (χ0) is 41.2. The van der Waals surface area contributed by atoms with Crippen LogP contribution in [0.5, 0.6) is 0 Å². The third kappa shape index (κ3) is 7.68. The number of pyridine rings is 2. The van der Waals surface area contributed by atoms with Crippen LogP contribution in [0.2, 0.25) is 0 Å². The van der Waals surface area contributed by atoms with E-state index in [0.717, 1.165) is 75.7 Å². The van der Waals surface area contributed by atoms with E-state index < -0.39 is 12.7 Å². The van der Waals surface area contributed by atoms with Gasteiger partial charge in [-0.15, -0.1) is 35.4 Å². The number of furan rings is 1. The van der Waals surface area contributed by atoms with Crippen LogP contribution in [0.1, 0.15) is 93.9 Å². The van der Waals surface area contributed by atoms with Gasteiger partial charge in [-0.2, -0.15) is 18.6 Å². The van der Waals surface area contributed by atoms with E-state index in [2.05, 4.69) is 121 Å². The van der Waals surface area contributed by atoms with Crippen LogP contribution >= 0.6 is 0 Å². The standard InChI is InChI=1S/C33H28NO.C18H22N.Ir/c1-33(2)15-12-21(13-16-33)23-14-17-34-30(19-23)27-9-5-8-26-29-18-24-11-10-22-6-3-4-7-25(22)28(24)20-31(29)35-32(26)27;1-13-7-9-16(14(2)11-13)17-10-8-15(12-19(17)6)18(3,4)5;/h3-8,10-11,14,17-21H,12-13,15-16H2,1-2H3;7-12H,2,6H2,1,3-5H3;/q2*-1;+3/i21D;1D3;. The molecule has 0 unspecified atom stereocenters. The zero-order valence-electron chi connectivity index (χ0n) is 36.3. The molecule has 1 saturated carbocycles. The monoisotopic (exact) mass is 903 g/mol. The predicted octanol–water partition coefficient (Wildman–Crippen LogP) is 13.5. The Hall–Kier alpha value is -4.89. The maximum Gasteiger partial charge on any atom is 3.00 e. The number of rotatable bonds is 3. The third-order valence-electron chi connectivity index (χ3n) is 11.2. The molecule has 5 aromatic carbocycles. The van der Waals surface area contributed by atoms with Crippen molar-refractivity contribution in [1.29, 1.82) is 0 Å². The van der Waals surface area contributed by atoms with Crippen LogP contribution in [0.3, 0.4) is 0 Å². The molecule has 3 nitrogen and oxygen atoms in total. The summed E-state index contributed by atoms with van der Waals surface area (Å²) in [5.74, 6) is -0.562. The van der Waals surface area contributed by atoms with Crippen molar-refractivity contribution in [3.63, 3.8) is 0 Å². The van der Waals surface area contributed by atoms with Gasteiger partial charge in [0.05, 0.1) is 17.5 Å². The Labute approximate surface area is 345 Å². The smallest absolute Gasteiger partial charge is 0.501 e. The van der Waals surface area contributed by atoms with E-state index in [1.807, 2.05) is 35.2 Å². The second-order valence-electron chi connectivity index (χ2n) is 16.6. The second kappa shape index (κ2) is 15.0. The maximum atomic E-state index is 9.24. The van der Waals surface area contributed by atoms with Crippen LogP contribution in [0, 0.1) is 32.3 Å². The first kappa shape index (κ1) is 33.4. The number of aryl methyl sites for hydroxylation is 1. The van der Waals surface area contributed by atoms with Crippen molar-refractivity contribution < 1.29 is 34.6 Å². The molecule has 0 N–H and O–H groups in total. The Kier molecular flexibility index (Phi) is 9.11. The van der Waals surface area contributed by atoms with Crippen LogP contribution in [0.15, 0.2) is 120 Å². The van der Waals surface area contributed by atoms with E-state index >= 15 is 0 Å². The van der Waals surface area contributed by atoms with Crippen LogP contribution < -0.4 is 4.57 Å². The minimum absolute atomic E-state index is 0. The van der Waals surface area contributed by atoms with E-state index in [1.54, 1.807) is 18.2 Å². The Bertz CT molecular complexity index is 2780. The van der Waals surface area contributed by atoms with Crippen LogP contribution in [0.25, 0.3) is 66.0 Å². The number of fused-ring (bicyclic) bond motifs is 6. The summed E-state index contributed by atoms with van der Waals surface area (Å²) in [4.78, 5) is 4.71. The first-order valence-corrected chi connectivity index (χ1v) is 18.9. The summed E-state index contributed by atoms with van der Waals surface area (Å²) in [6.45, 7) is 13.0. The fourth-order valence-corrected chi connectivity index (χ4v) is 7.81. The number of hydrogen-bond acceptors (Lipinski definition) is 2. The minimum atomic E-state index is -2.11. The summed E-state index contributed by atoms with van der Waals surface area (Å²) in [5, 5.41) is 7.03. The molecule has 0 amide bonds. The maximum absolute atomic E-state index is 9.24. The fourth-order valence-electron chi connectivity index (χ4n) is 7.81. The molecular formula is C51H50IrN2O+. The SMILES string of the molecule is [2H]C([2H])([2H])c1ccc(-c2ccc(C(C)(C)C)c[n+]2[CH2-])c([CH2-])c1.[2H]C1(c2ccnc(-c3[c-]ccc4c3oc3cc5c(ccc6ccccc65)cc34)c2)CCC(C)(C)CC1.[Ir+3]. The molecule has 9 rings (SSSR count). The van der Waals surface area contributed by atoms with Crippen molar-refractivity contribution in [3.05, 3.63) is 158 Å². The molecule has 1 aliphatic carbocycles. The van der Waals surface area contributed by atoms with Gasteiger partial charge in [0.1, 0.15) is 5.58 Å². The molecule has 0 bridgehead atoms. The largest absolute Gasteiger partial charge is 3.00 e. The van der Waals surface area contributed by atoms with Crippen molar-refractivity contribution in [3.8, 4) is 22.5 Å². The van der Waals surface area contributed by atoms with Gasteiger partial charge in [-0.3, -0.25) is 0 Å². The molecule has 0 saturated heterocycles. The Morgan fingerprint density at radius 2 is 1.65 bits per heavy atom. The number of benzene rings is 5. The molecule has 0 spiro atoms. The summed E-state index contributed by atoms with van der Waals surface area (Å²) in [5.41, 5.74) is 8.77. The van der Waals surface area contributed by atoms with E-state index in [-0.39, 0.29) is 25.5 Å². The molecule has 55 heavy (non-hydrogen) atoms. The summed E-state index contributed by atoms with van der Waals surface area (Å²) in [6, 6.07) is 38.0. The molecule has 4 heteroatoms. The molecule has 1 aliphatic rings. The van der Waals surface area contributed by atoms with Crippen LogP contribution in [-0.2, 0) is 25.5 Å². The van der Waals surface area contributed by atoms with Crippen molar-refractivity contribution in [1.82, 2.24) is 4.98 Å². The second-order valence-corrected chi connectivity index (χ2v) is 16.6. The molecule has 0 aliphatic heterocycles. The van der Waals surface area contributed by atoms with Crippen LogP contribution in [-0.4, -0.2) is 4.98 Å². The molecule has 1 fully saturated rings. The molecule has 278 valence electrons. The van der Waals surface area contributed by atoms with Crippen molar-refractivity contribution in [2.24, 2.45) is 5.41 Å². The number of aromatic nitrogens is 2. The predicted molar refractivity (Wildman–Crippen MR) is 227 cm³/mol. The number of nitrogens with zero attached hydrogens (tertiary/aromatic N) is 2. The van der Waals surface area contributed by atoms with Crippen molar-refractivity contribution >= 4 is 43.5 Å². The van der Waals surface area contributed by atoms with Gasteiger partial charge in [0, 0.05) is 24.1 Å². The molecule has 3 aromatic heterocycles. The molecule has 0 atom stereocenters. The first-order chi connectivity index (χ1) is 27.4.